The third kappa shape index (κ3) is 4.41. The fourth-order valence-electron chi connectivity index (χ4n) is 4.34. The number of rotatable bonds is 7. The lowest BCUT2D eigenvalue weighted by Gasteiger charge is -2.22. The van der Waals surface area contributed by atoms with Crippen molar-refractivity contribution in [3.05, 3.63) is 89.5 Å². The standard InChI is InChI=1S/C27H29N5S/c1-19-13-14-25(20(2)15-19)33-18-32(16-26-28-21-9-5-7-11-23(21)30(26)3)17-27-29-22-10-6-8-12-24(22)31(27)4/h5-15H,16-18H2,1-4H3. The van der Waals surface area contributed by atoms with Gasteiger partial charge in [0.2, 0.25) is 0 Å². The van der Waals surface area contributed by atoms with Crippen molar-refractivity contribution in [2.75, 3.05) is 5.88 Å². The van der Waals surface area contributed by atoms with Crippen LogP contribution in [0, 0.1) is 13.8 Å². The number of imidazole rings is 2. The van der Waals surface area contributed by atoms with E-state index in [1.54, 1.807) is 0 Å². The third-order valence-electron chi connectivity index (χ3n) is 6.22. The Kier molecular flexibility index (Phi) is 5.96. The van der Waals surface area contributed by atoms with E-state index in [-0.39, 0.29) is 0 Å². The molecule has 0 unspecified atom stereocenters. The molecule has 5 aromatic rings. The first-order valence-electron chi connectivity index (χ1n) is 11.2. The van der Waals surface area contributed by atoms with Crippen molar-refractivity contribution in [1.29, 1.82) is 0 Å². The summed E-state index contributed by atoms with van der Waals surface area (Å²) in [5, 5.41) is 0. The second-order valence-electron chi connectivity index (χ2n) is 8.68. The first-order valence-corrected chi connectivity index (χ1v) is 12.2. The molecule has 3 aromatic carbocycles. The monoisotopic (exact) mass is 455 g/mol. The molecule has 0 amide bonds. The molecule has 168 valence electrons. The Morgan fingerprint density at radius 2 is 1.30 bits per heavy atom. The van der Waals surface area contributed by atoms with Crippen LogP contribution in [0.1, 0.15) is 22.8 Å². The van der Waals surface area contributed by atoms with Crippen molar-refractivity contribution < 1.29 is 0 Å². The van der Waals surface area contributed by atoms with E-state index in [4.69, 9.17) is 9.97 Å². The normalized spacial score (nSPS) is 11.8. The lowest BCUT2D eigenvalue weighted by molar-refractivity contribution is 0.284. The molecular weight excluding hydrogens is 426 g/mol. The highest BCUT2D eigenvalue weighted by atomic mass is 32.2. The van der Waals surface area contributed by atoms with Gasteiger partial charge in [0.1, 0.15) is 11.6 Å². The Morgan fingerprint density at radius 3 is 1.82 bits per heavy atom. The van der Waals surface area contributed by atoms with Crippen LogP contribution in [0.25, 0.3) is 22.1 Å². The molecule has 0 radical (unpaired) electrons. The number of para-hydroxylation sites is 4. The van der Waals surface area contributed by atoms with Crippen molar-refractivity contribution in [1.82, 2.24) is 24.0 Å². The van der Waals surface area contributed by atoms with Crippen LogP contribution in [0.4, 0.5) is 0 Å². The number of aromatic nitrogens is 4. The molecule has 0 aliphatic carbocycles. The zero-order valence-corrected chi connectivity index (χ0v) is 20.4. The lowest BCUT2D eigenvalue weighted by atomic mass is 10.2. The minimum Gasteiger partial charge on any atom is -0.330 e. The maximum absolute atomic E-state index is 4.93. The van der Waals surface area contributed by atoms with E-state index >= 15 is 0 Å². The molecule has 0 saturated carbocycles. The number of hydrogen-bond acceptors (Lipinski definition) is 4. The van der Waals surface area contributed by atoms with Gasteiger partial charge in [0.15, 0.2) is 0 Å². The molecule has 0 aliphatic heterocycles. The van der Waals surface area contributed by atoms with Gasteiger partial charge in [-0.3, -0.25) is 4.90 Å². The van der Waals surface area contributed by atoms with Gasteiger partial charge in [-0.1, -0.05) is 42.0 Å². The van der Waals surface area contributed by atoms with Crippen LogP contribution in [0.5, 0.6) is 0 Å². The molecule has 5 nitrogen and oxygen atoms in total. The van der Waals surface area contributed by atoms with Gasteiger partial charge in [-0.05, 0) is 49.7 Å². The van der Waals surface area contributed by atoms with Crippen molar-refractivity contribution in [2.24, 2.45) is 14.1 Å². The summed E-state index contributed by atoms with van der Waals surface area (Å²) in [6.45, 7) is 5.85. The quantitative estimate of drug-likeness (QED) is 0.229. The zero-order chi connectivity index (χ0) is 22.9. The second kappa shape index (κ2) is 9.04. The van der Waals surface area contributed by atoms with Gasteiger partial charge < -0.3 is 9.13 Å². The minimum absolute atomic E-state index is 0.756. The van der Waals surface area contributed by atoms with E-state index in [1.807, 2.05) is 23.9 Å². The van der Waals surface area contributed by atoms with Crippen molar-refractivity contribution in [3.63, 3.8) is 0 Å². The van der Waals surface area contributed by atoms with Gasteiger partial charge in [0.25, 0.3) is 0 Å². The molecule has 2 heterocycles. The van der Waals surface area contributed by atoms with Gasteiger partial charge in [-0.25, -0.2) is 9.97 Å². The van der Waals surface area contributed by atoms with Gasteiger partial charge in [-0.15, -0.1) is 11.8 Å². The molecule has 0 N–H and O–H groups in total. The average molecular weight is 456 g/mol. The molecule has 0 atom stereocenters. The predicted molar refractivity (Wildman–Crippen MR) is 137 cm³/mol. The topological polar surface area (TPSA) is 38.9 Å². The fourth-order valence-corrected chi connectivity index (χ4v) is 5.30. The van der Waals surface area contributed by atoms with E-state index in [2.05, 4.69) is 96.6 Å². The summed E-state index contributed by atoms with van der Waals surface area (Å²) < 4.78 is 4.41. The van der Waals surface area contributed by atoms with E-state index in [0.717, 1.165) is 52.7 Å². The first-order chi connectivity index (χ1) is 16.0. The Morgan fingerprint density at radius 1 is 0.758 bits per heavy atom. The Balaban J connectivity index is 1.45. The van der Waals surface area contributed by atoms with Crippen LogP contribution in [-0.4, -0.2) is 29.9 Å². The molecule has 33 heavy (non-hydrogen) atoms. The SMILES string of the molecule is Cc1ccc(SCN(Cc2nc3ccccc3n2C)Cc2nc3ccccc3n2C)c(C)c1. The van der Waals surface area contributed by atoms with E-state index in [1.165, 1.54) is 16.0 Å². The van der Waals surface area contributed by atoms with Crippen LogP contribution < -0.4 is 0 Å². The second-order valence-corrected chi connectivity index (χ2v) is 9.67. The number of nitrogens with zero attached hydrogens (tertiary/aromatic N) is 5. The lowest BCUT2D eigenvalue weighted by Crippen LogP contribution is -2.25. The van der Waals surface area contributed by atoms with Gasteiger partial charge in [-0.2, -0.15) is 0 Å². The number of fused-ring (bicyclic) bond motifs is 2. The molecule has 0 saturated heterocycles. The van der Waals surface area contributed by atoms with Crippen LogP contribution in [0.2, 0.25) is 0 Å². The first kappa shape index (κ1) is 21.7. The number of benzene rings is 3. The van der Waals surface area contributed by atoms with E-state index < -0.39 is 0 Å². The molecule has 0 spiro atoms. The number of hydrogen-bond donors (Lipinski definition) is 0. The summed E-state index contributed by atoms with van der Waals surface area (Å²) >= 11 is 1.88. The maximum atomic E-state index is 4.93. The van der Waals surface area contributed by atoms with Crippen LogP contribution in [0.3, 0.4) is 0 Å². The molecule has 5 rings (SSSR count). The van der Waals surface area contributed by atoms with Gasteiger partial charge >= 0.3 is 0 Å². The molecule has 2 aromatic heterocycles. The number of aryl methyl sites for hydroxylation is 4. The molecule has 0 bridgehead atoms. The van der Waals surface area contributed by atoms with Gasteiger partial charge in [0.05, 0.1) is 41.0 Å². The summed E-state index contributed by atoms with van der Waals surface area (Å²) in [6.07, 6.45) is 0. The smallest absolute Gasteiger partial charge is 0.123 e. The van der Waals surface area contributed by atoms with Crippen LogP contribution in [-0.2, 0) is 27.2 Å². The van der Waals surface area contributed by atoms with Crippen LogP contribution >= 0.6 is 11.8 Å². The molecule has 0 fully saturated rings. The molecular formula is C27H29N5S. The summed E-state index contributed by atoms with van der Waals surface area (Å²) in [6, 6.07) is 23.3. The average Bonchev–Trinajstić information content (AvgIpc) is 3.30. The van der Waals surface area contributed by atoms with E-state index in [0.29, 0.717) is 0 Å². The minimum atomic E-state index is 0.756. The Labute approximate surface area is 199 Å². The highest BCUT2D eigenvalue weighted by Gasteiger charge is 2.17. The van der Waals surface area contributed by atoms with Crippen molar-refractivity contribution in [3.8, 4) is 0 Å². The highest BCUT2D eigenvalue weighted by Crippen LogP contribution is 2.26. The van der Waals surface area contributed by atoms with Crippen LogP contribution in [0.15, 0.2) is 71.6 Å². The maximum Gasteiger partial charge on any atom is 0.123 e. The fraction of sp³-hybridized carbons (Fsp3) is 0.259. The third-order valence-corrected chi connectivity index (χ3v) is 7.49. The highest BCUT2D eigenvalue weighted by molar-refractivity contribution is 7.99. The predicted octanol–water partition coefficient (Wildman–Crippen LogP) is 5.83. The Bertz CT molecular complexity index is 1350. The van der Waals surface area contributed by atoms with Crippen molar-refractivity contribution >= 4 is 33.8 Å². The molecule has 0 aliphatic rings. The van der Waals surface area contributed by atoms with Gasteiger partial charge in [0, 0.05) is 19.0 Å². The zero-order valence-electron chi connectivity index (χ0n) is 19.6. The summed E-state index contributed by atoms with van der Waals surface area (Å²) in [5.41, 5.74) is 7.03. The Hall–Kier alpha value is -3.09. The van der Waals surface area contributed by atoms with Crippen molar-refractivity contribution in [2.45, 2.75) is 31.8 Å². The summed E-state index contributed by atoms with van der Waals surface area (Å²) in [4.78, 5) is 13.6. The number of thioether (sulfide) groups is 1. The van der Waals surface area contributed by atoms with E-state index in [9.17, 15) is 0 Å². The summed E-state index contributed by atoms with van der Waals surface area (Å²) in [5.74, 6) is 2.99. The largest absolute Gasteiger partial charge is 0.330 e. The summed E-state index contributed by atoms with van der Waals surface area (Å²) in [7, 11) is 4.21. The molecule has 6 heteroatoms.